The second-order valence-electron chi connectivity index (χ2n) is 6.59. The van der Waals surface area contributed by atoms with Crippen molar-refractivity contribution in [3.8, 4) is 5.75 Å². The largest absolute Gasteiger partial charge is 0.482 e. The van der Waals surface area contributed by atoms with Gasteiger partial charge in [0, 0.05) is 32.8 Å². The van der Waals surface area contributed by atoms with Crippen LogP contribution in [0.2, 0.25) is 0 Å². The van der Waals surface area contributed by atoms with Crippen LogP contribution in [0.4, 0.5) is 5.69 Å². The second kappa shape index (κ2) is 7.74. The lowest BCUT2D eigenvalue weighted by Gasteiger charge is -2.29. The normalized spacial score (nSPS) is 18.9. The fourth-order valence-corrected chi connectivity index (χ4v) is 3.00. The Bertz CT molecular complexity index is 713. The number of hydrogen-bond acceptors (Lipinski definition) is 5. The predicted molar refractivity (Wildman–Crippen MR) is 94.3 cm³/mol. The highest BCUT2D eigenvalue weighted by Gasteiger charge is 2.29. The van der Waals surface area contributed by atoms with Crippen molar-refractivity contribution in [2.45, 2.75) is 18.9 Å². The third kappa shape index (κ3) is 3.96. The maximum absolute atomic E-state index is 12.3. The molecule has 2 aliphatic rings. The fourth-order valence-electron chi connectivity index (χ4n) is 3.00. The summed E-state index contributed by atoms with van der Waals surface area (Å²) in [6.45, 7) is 0.899. The zero-order chi connectivity index (χ0) is 18.7. The minimum Gasteiger partial charge on any atom is -0.482 e. The Labute approximate surface area is 152 Å². The molecule has 0 aromatic heterocycles. The van der Waals surface area contributed by atoms with Gasteiger partial charge in [0.05, 0.1) is 11.8 Å². The molecule has 0 radical (unpaired) electrons. The van der Waals surface area contributed by atoms with E-state index in [9.17, 15) is 14.4 Å². The Kier molecular flexibility index (Phi) is 5.41. The molecular formula is C18H23N3O5. The molecule has 0 bridgehead atoms. The molecule has 0 aliphatic carbocycles. The first kappa shape index (κ1) is 18.2. The van der Waals surface area contributed by atoms with Gasteiger partial charge >= 0.3 is 0 Å². The molecule has 1 aromatic carbocycles. The molecule has 2 heterocycles. The number of nitrogens with zero attached hydrogens (tertiary/aromatic N) is 2. The van der Waals surface area contributed by atoms with Crippen LogP contribution in [-0.4, -0.2) is 69.1 Å². The van der Waals surface area contributed by atoms with Crippen LogP contribution >= 0.6 is 0 Å². The second-order valence-corrected chi connectivity index (χ2v) is 6.59. The summed E-state index contributed by atoms with van der Waals surface area (Å²) in [6, 6.07) is 4.88. The number of rotatable bonds is 5. The van der Waals surface area contributed by atoms with Crippen molar-refractivity contribution in [3.05, 3.63) is 23.8 Å². The van der Waals surface area contributed by atoms with Gasteiger partial charge in [-0.25, -0.2) is 0 Å². The van der Waals surface area contributed by atoms with Crippen molar-refractivity contribution in [2.75, 3.05) is 45.3 Å². The van der Waals surface area contributed by atoms with Gasteiger partial charge in [-0.05, 0) is 31.0 Å². The van der Waals surface area contributed by atoms with E-state index in [0.717, 1.165) is 19.4 Å². The number of benzene rings is 1. The lowest BCUT2D eigenvalue weighted by atomic mass is 10.1. The van der Waals surface area contributed by atoms with E-state index < -0.39 is 0 Å². The number of anilines is 1. The lowest BCUT2D eigenvalue weighted by Crippen LogP contribution is -2.46. The Morgan fingerprint density at radius 2 is 2.15 bits per heavy atom. The number of carbonyl (C=O) groups excluding carboxylic acids is 3. The van der Waals surface area contributed by atoms with Crippen LogP contribution in [0.25, 0.3) is 0 Å². The van der Waals surface area contributed by atoms with Crippen molar-refractivity contribution < 1.29 is 23.9 Å². The standard InChI is InChI=1S/C18H23N3O5/c1-20(2)18(24)12-5-6-15-14(8-12)21(17(23)11-26-15)10-16(22)19-9-13-4-3-7-25-13/h5-6,8,13H,3-4,7,9-11H2,1-2H3,(H,19,22)/t13-/m0/s1. The Balaban J connectivity index is 1.72. The first-order valence-electron chi connectivity index (χ1n) is 8.63. The first-order chi connectivity index (χ1) is 12.5. The summed E-state index contributed by atoms with van der Waals surface area (Å²) >= 11 is 0. The van der Waals surface area contributed by atoms with E-state index in [1.54, 1.807) is 32.3 Å². The van der Waals surface area contributed by atoms with Gasteiger partial charge in [-0.1, -0.05) is 0 Å². The lowest BCUT2D eigenvalue weighted by molar-refractivity contribution is -0.125. The SMILES string of the molecule is CN(C)C(=O)c1ccc2c(c1)N(CC(=O)NC[C@@H]1CCCO1)C(=O)CO2. The van der Waals surface area contributed by atoms with E-state index in [-0.39, 0.29) is 37.0 Å². The average Bonchev–Trinajstić information content (AvgIpc) is 3.15. The molecule has 1 atom stereocenters. The fraction of sp³-hybridized carbons (Fsp3) is 0.500. The van der Waals surface area contributed by atoms with E-state index >= 15 is 0 Å². The summed E-state index contributed by atoms with van der Waals surface area (Å²) in [5, 5.41) is 2.81. The molecule has 1 aromatic rings. The smallest absolute Gasteiger partial charge is 0.265 e. The van der Waals surface area contributed by atoms with E-state index in [1.807, 2.05) is 0 Å². The number of fused-ring (bicyclic) bond motifs is 1. The minimum atomic E-state index is -0.320. The molecule has 2 aliphatic heterocycles. The zero-order valence-electron chi connectivity index (χ0n) is 15.0. The molecule has 0 spiro atoms. The van der Waals surface area contributed by atoms with Gasteiger partial charge in [-0.15, -0.1) is 0 Å². The number of amides is 3. The maximum Gasteiger partial charge on any atom is 0.265 e. The number of hydrogen-bond donors (Lipinski definition) is 1. The quantitative estimate of drug-likeness (QED) is 0.821. The molecule has 0 unspecified atom stereocenters. The number of nitrogens with one attached hydrogen (secondary N) is 1. The van der Waals surface area contributed by atoms with E-state index in [4.69, 9.17) is 9.47 Å². The highest BCUT2D eigenvalue weighted by molar-refractivity contribution is 6.04. The van der Waals surface area contributed by atoms with Crippen LogP contribution in [-0.2, 0) is 14.3 Å². The molecule has 1 N–H and O–H groups in total. The predicted octanol–water partition coefficient (Wildman–Crippen LogP) is 0.409. The van der Waals surface area contributed by atoms with Crippen LogP contribution in [0, 0.1) is 0 Å². The van der Waals surface area contributed by atoms with E-state index in [1.165, 1.54) is 9.80 Å². The summed E-state index contributed by atoms with van der Waals surface area (Å²) in [7, 11) is 3.31. The molecule has 140 valence electrons. The van der Waals surface area contributed by atoms with Gasteiger partial charge in [0.1, 0.15) is 12.3 Å². The molecule has 8 nitrogen and oxygen atoms in total. The molecule has 1 saturated heterocycles. The van der Waals surface area contributed by atoms with Gasteiger partial charge in [0.25, 0.3) is 11.8 Å². The summed E-state index contributed by atoms with van der Waals surface area (Å²) < 4.78 is 10.9. The molecular weight excluding hydrogens is 338 g/mol. The van der Waals surface area contributed by atoms with E-state index in [2.05, 4.69) is 5.32 Å². The molecule has 0 saturated carbocycles. The minimum absolute atomic E-state index is 0.0379. The highest BCUT2D eigenvalue weighted by atomic mass is 16.5. The molecule has 1 fully saturated rings. The van der Waals surface area contributed by atoms with Crippen LogP contribution < -0.4 is 15.0 Å². The summed E-state index contributed by atoms with van der Waals surface area (Å²) in [5.74, 6) is -0.300. The Morgan fingerprint density at radius 3 is 2.85 bits per heavy atom. The van der Waals surface area contributed by atoms with Crippen LogP contribution in [0.3, 0.4) is 0 Å². The maximum atomic E-state index is 12.3. The van der Waals surface area contributed by atoms with Gasteiger partial charge < -0.3 is 19.7 Å². The van der Waals surface area contributed by atoms with E-state index in [0.29, 0.717) is 23.5 Å². The molecule has 3 amide bonds. The molecule has 3 rings (SSSR count). The summed E-state index contributed by atoms with van der Waals surface area (Å²) in [6.07, 6.45) is 1.96. The zero-order valence-corrected chi connectivity index (χ0v) is 15.0. The summed E-state index contributed by atoms with van der Waals surface area (Å²) in [5.41, 5.74) is 0.859. The van der Waals surface area contributed by atoms with Gasteiger partial charge in [0.15, 0.2) is 6.61 Å². The van der Waals surface area contributed by atoms with Crippen molar-refractivity contribution >= 4 is 23.4 Å². The molecule has 26 heavy (non-hydrogen) atoms. The topological polar surface area (TPSA) is 88.2 Å². The van der Waals surface area contributed by atoms with Crippen molar-refractivity contribution in [1.29, 1.82) is 0 Å². The third-order valence-electron chi connectivity index (χ3n) is 4.41. The van der Waals surface area contributed by atoms with Gasteiger partial charge in [-0.2, -0.15) is 0 Å². The number of ether oxygens (including phenoxy) is 2. The van der Waals surface area contributed by atoms with Gasteiger partial charge in [-0.3, -0.25) is 19.3 Å². The summed E-state index contributed by atoms with van der Waals surface area (Å²) in [4.78, 5) is 39.5. The average molecular weight is 361 g/mol. The highest BCUT2D eigenvalue weighted by Crippen LogP contribution is 2.33. The third-order valence-corrected chi connectivity index (χ3v) is 4.41. The Hall–Kier alpha value is -2.61. The van der Waals surface area contributed by atoms with Crippen LogP contribution in [0.5, 0.6) is 5.75 Å². The molecule has 8 heteroatoms. The van der Waals surface area contributed by atoms with Crippen molar-refractivity contribution in [3.63, 3.8) is 0 Å². The van der Waals surface area contributed by atoms with Crippen molar-refractivity contribution in [2.24, 2.45) is 0 Å². The number of carbonyl (C=O) groups is 3. The van der Waals surface area contributed by atoms with Gasteiger partial charge in [0.2, 0.25) is 5.91 Å². The Morgan fingerprint density at radius 1 is 1.35 bits per heavy atom. The monoisotopic (exact) mass is 361 g/mol. The van der Waals surface area contributed by atoms with Crippen LogP contribution in [0.1, 0.15) is 23.2 Å². The first-order valence-corrected chi connectivity index (χ1v) is 8.63. The van der Waals surface area contributed by atoms with Crippen molar-refractivity contribution in [1.82, 2.24) is 10.2 Å². The van der Waals surface area contributed by atoms with Crippen LogP contribution in [0.15, 0.2) is 18.2 Å².